The van der Waals surface area contributed by atoms with Gasteiger partial charge in [-0.1, -0.05) is 0 Å². The van der Waals surface area contributed by atoms with E-state index >= 15 is 0 Å². The van der Waals surface area contributed by atoms with Crippen LogP contribution in [0.25, 0.3) is 0 Å². The molecule has 0 heterocycles. The van der Waals surface area contributed by atoms with Crippen LogP contribution in [0.2, 0.25) is 0 Å². The Morgan fingerprint density at radius 1 is 1.20 bits per heavy atom. The molecule has 0 radical (unpaired) electrons. The van der Waals surface area contributed by atoms with Crippen molar-refractivity contribution >= 4 is 31.3 Å². The molecule has 0 aliphatic carbocycles. The molecule has 5 nitrogen and oxygen atoms in total. The number of benzene rings is 1. The largest absolute Gasteiger partial charge is 0.399 e. The van der Waals surface area contributed by atoms with Crippen molar-refractivity contribution in [2.75, 3.05) is 17.2 Å². The zero-order valence-corrected chi connectivity index (χ0v) is 9.51. The van der Waals surface area contributed by atoms with Gasteiger partial charge in [0.2, 0.25) is 0 Å². The molecule has 0 unspecified atom stereocenters. The van der Waals surface area contributed by atoms with E-state index in [1.54, 1.807) is 18.2 Å². The number of aryl methyl sites for hydroxylation is 1. The molecular weight excluding hydrogens is 236 g/mol. The lowest BCUT2D eigenvalue weighted by atomic mass is 10.1. The Morgan fingerprint density at radius 2 is 1.73 bits per heavy atom. The highest BCUT2D eigenvalue weighted by atomic mass is 33.1. The smallest absolute Gasteiger partial charge is 0.319 e. The van der Waals surface area contributed by atoms with Gasteiger partial charge < -0.3 is 11.5 Å². The lowest BCUT2D eigenvalue weighted by Gasteiger charge is -2.03. The van der Waals surface area contributed by atoms with Crippen LogP contribution in [0.15, 0.2) is 18.2 Å². The molecule has 5 N–H and O–H groups in total. The molecule has 0 bridgehead atoms. The first-order chi connectivity index (χ1) is 6.87. The Balaban J connectivity index is 2.58. The molecule has 84 valence electrons. The predicted octanol–water partition coefficient (Wildman–Crippen LogP) is 0.929. The summed E-state index contributed by atoms with van der Waals surface area (Å²) in [6.45, 7) is 0. The third kappa shape index (κ3) is 4.91. The Morgan fingerprint density at radius 3 is 2.20 bits per heavy atom. The van der Waals surface area contributed by atoms with Crippen molar-refractivity contribution in [1.29, 1.82) is 0 Å². The van der Waals surface area contributed by atoms with Gasteiger partial charge in [-0.3, -0.25) is 4.55 Å². The Hall–Kier alpha value is -0.920. The summed E-state index contributed by atoms with van der Waals surface area (Å²) < 4.78 is 29.3. The van der Waals surface area contributed by atoms with Crippen molar-refractivity contribution in [2.45, 2.75) is 6.42 Å². The molecule has 0 spiro atoms. The number of hydrogen-bond acceptors (Lipinski definition) is 5. The minimum Gasteiger partial charge on any atom is -0.399 e. The third-order valence-electron chi connectivity index (χ3n) is 1.66. The van der Waals surface area contributed by atoms with Crippen LogP contribution < -0.4 is 11.5 Å². The molecule has 0 saturated carbocycles. The first-order valence-electron chi connectivity index (χ1n) is 4.13. The third-order valence-corrected chi connectivity index (χ3v) is 3.72. The Bertz CT molecular complexity index is 425. The Kier molecular flexibility index (Phi) is 3.83. The molecule has 1 rings (SSSR count). The molecule has 1 aromatic carbocycles. The van der Waals surface area contributed by atoms with Crippen LogP contribution >= 0.6 is 10.8 Å². The Labute approximate surface area is 92.0 Å². The number of hydrogen-bond donors (Lipinski definition) is 3. The fraction of sp³-hybridized carbons (Fsp3) is 0.250. The van der Waals surface area contributed by atoms with E-state index in [1.807, 2.05) is 0 Å². The molecule has 15 heavy (non-hydrogen) atoms. The fourth-order valence-electron chi connectivity index (χ4n) is 1.15. The van der Waals surface area contributed by atoms with E-state index < -0.39 is 9.15 Å². The van der Waals surface area contributed by atoms with Crippen molar-refractivity contribution in [3.05, 3.63) is 23.8 Å². The van der Waals surface area contributed by atoms with Crippen molar-refractivity contribution < 1.29 is 13.0 Å². The predicted molar refractivity (Wildman–Crippen MR) is 63.0 cm³/mol. The number of rotatable bonds is 4. The molecular formula is C8H12N2O3S2. The lowest BCUT2D eigenvalue weighted by Crippen LogP contribution is -1.98. The van der Waals surface area contributed by atoms with E-state index in [1.165, 1.54) is 0 Å². The molecule has 0 saturated heterocycles. The summed E-state index contributed by atoms with van der Waals surface area (Å²) >= 11 is 0. The van der Waals surface area contributed by atoms with E-state index in [-0.39, 0.29) is 5.75 Å². The van der Waals surface area contributed by atoms with E-state index in [4.69, 9.17) is 16.0 Å². The lowest BCUT2D eigenvalue weighted by molar-refractivity contribution is 0.503. The van der Waals surface area contributed by atoms with Crippen LogP contribution in [-0.4, -0.2) is 18.7 Å². The van der Waals surface area contributed by atoms with Crippen LogP contribution in [0.4, 0.5) is 11.4 Å². The zero-order valence-electron chi connectivity index (χ0n) is 7.88. The van der Waals surface area contributed by atoms with Crippen molar-refractivity contribution in [1.82, 2.24) is 0 Å². The van der Waals surface area contributed by atoms with Gasteiger partial charge in [-0.05, 0) is 41.0 Å². The highest BCUT2D eigenvalue weighted by Gasteiger charge is 2.05. The van der Waals surface area contributed by atoms with E-state index in [0.29, 0.717) is 28.6 Å². The maximum atomic E-state index is 10.4. The van der Waals surface area contributed by atoms with Gasteiger partial charge in [-0.2, -0.15) is 8.42 Å². The van der Waals surface area contributed by atoms with Gasteiger partial charge in [-0.15, -0.1) is 0 Å². The van der Waals surface area contributed by atoms with Gasteiger partial charge in [0, 0.05) is 17.1 Å². The highest BCUT2D eigenvalue weighted by Crippen LogP contribution is 2.17. The summed E-state index contributed by atoms with van der Waals surface area (Å²) in [4.78, 5) is 0. The maximum absolute atomic E-state index is 10.4. The van der Waals surface area contributed by atoms with Gasteiger partial charge in [0.15, 0.2) is 0 Å². The van der Waals surface area contributed by atoms with Crippen LogP contribution in [-0.2, 0) is 15.6 Å². The highest BCUT2D eigenvalue weighted by molar-refractivity contribution is 8.69. The van der Waals surface area contributed by atoms with Crippen molar-refractivity contribution in [3.8, 4) is 0 Å². The summed E-state index contributed by atoms with van der Waals surface area (Å²) in [7, 11) is -3.47. The summed E-state index contributed by atoms with van der Waals surface area (Å²) in [5.41, 5.74) is 13.1. The number of nitrogens with two attached hydrogens (primary N) is 2. The topological polar surface area (TPSA) is 106 Å². The monoisotopic (exact) mass is 248 g/mol. The van der Waals surface area contributed by atoms with Crippen molar-refractivity contribution in [2.24, 2.45) is 0 Å². The molecule has 0 aliphatic heterocycles. The van der Waals surface area contributed by atoms with Crippen LogP contribution in [0, 0.1) is 0 Å². The second-order valence-corrected chi connectivity index (χ2v) is 6.48. The standard InChI is InChI=1S/C8H12N2O3S2/c9-7-3-6(4-8(10)5-7)1-2-14-15(11,12)13/h3-5H,1-2,9-10H2,(H,11,12,13). The number of anilines is 2. The van der Waals surface area contributed by atoms with E-state index in [0.717, 1.165) is 5.56 Å². The molecule has 0 atom stereocenters. The van der Waals surface area contributed by atoms with Crippen molar-refractivity contribution in [3.63, 3.8) is 0 Å². The second kappa shape index (κ2) is 4.73. The number of nitrogen functional groups attached to an aromatic ring is 2. The van der Waals surface area contributed by atoms with Crippen LogP contribution in [0.3, 0.4) is 0 Å². The SMILES string of the molecule is Nc1cc(N)cc(CCSS(=O)(=O)O)c1. The summed E-state index contributed by atoms with van der Waals surface area (Å²) in [6.07, 6.45) is 0.486. The van der Waals surface area contributed by atoms with Crippen LogP contribution in [0.1, 0.15) is 5.56 Å². The van der Waals surface area contributed by atoms with Gasteiger partial charge in [-0.25, -0.2) is 0 Å². The zero-order chi connectivity index (χ0) is 11.5. The minimum absolute atomic E-state index is 0.266. The normalized spacial score (nSPS) is 11.5. The molecule has 7 heteroatoms. The summed E-state index contributed by atoms with van der Waals surface area (Å²) in [5, 5.41) is 0. The molecule has 0 aliphatic rings. The second-order valence-electron chi connectivity index (χ2n) is 3.01. The van der Waals surface area contributed by atoms with E-state index in [2.05, 4.69) is 0 Å². The molecule has 0 aromatic heterocycles. The fourth-order valence-corrected chi connectivity index (χ4v) is 2.57. The minimum atomic E-state index is -3.96. The van der Waals surface area contributed by atoms with Gasteiger partial charge >= 0.3 is 9.15 Å². The average molecular weight is 248 g/mol. The molecule has 1 aromatic rings. The average Bonchev–Trinajstić information content (AvgIpc) is 1.99. The van der Waals surface area contributed by atoms with Gasteiger partial charge in [0.05, 0.1) is 0 Å². The van der Waals surface area contributed by atoms with Gasteiger partial charge in [0.1, 0.15) is 0 Å². The molecule has 0 fully saturated rings. The summed E-state index contributed by atoms with van der Waals surface area (Å²) in [6, 6.07) is 5.07. The van der Waals surface area contributed by atoms with Crippen LogP contribution in [0.5, 0.6) is 0 Å². The van der Waals surface area contributed by atoms with E-state index in [9.17, 15) is 8.42 Å². The summed E-state index contributed by atoms with van der Waals surface area (Å²) in [5.74, 6) is 0.266. The van der Waals surface area contributed by atoms with Gasteiger partial charge in [0.25, 0.3) is 0 Å². The quantitative estimate of drug-likeness (QED) is 0.416. The molecule has 0 amide bonds. The first-order valence-corrected chi connectivity index (χ1v) is 7.08. The first kappa shape index (κ1) is 12.2. The maximum Gasteiger partial charge on any atom is 0.319 e.